The lowest BCUT2D eigenvalue weighted by Crippen LogP contribution is -2.40. The van der Waals surface area contributed by atoms with E-state index < -0.39 is 5.60 Å². The van der Waals surface area contributed by atoms with Gasteiger partial charge in [0.25, 0.3) is 5.89 Å². The Morgan fingerprint density at radius 3 is 2.75 bits per heavy atom. The number of likely N-dealkylation sites (N-methyl/N-ethyl adjacent to an activating group) is 1. The minimum absolute atomic E-state index is 0.142. The summed E-state index contributed by atoms with van der Waals surface area (Å²) in [7, 11) is 1.69. The van der Waals surface area contributed by atoms with Crippen LogP contribution in [0, 0.1) is 0 Å². The van der Waals surface area contributed by atoms with Crippen LogP contribution in [0.3, 0.4) is 0 Å². The molecular weight excluding hydrogens is 312 g/mol. The van der Waals surface area contributed by atoms with Gasteiger partial charge in [0, 0.05) is 19.5 Å². The summed E-state index contributed by atoms with van der Waals surface area (Å²) in [6.45, 7) is 10.00. The van der Waals surface area contributed by atoms with Crippen LogP contribution in [0.1, 0.15) is 40.4 Å². The van der Waals surface area contributed by atoms with E-state index >= 15 is 0 Å². The summed E-state index contributed by atoms with van der Waals surface area (Å²) in [4.78, 5) is 19.4. The summed E-state index contributed by atoms with van der Waals surface area (Å²) < 4.78 is 10.6. The van der Waals surface area contributed by atoms with Crippen molar-refractivity contribution in [2.24, 2.45) is 0 Å². The van der Waals surface area contributed by atoms with Gasteiger partial charge in [-0.1, -0.05) is 5.16 Å². The molecule has 0 fully saturated rings. The first-order valence-electron chi connectivity index (χ1n) is 7.88. The van der Waals surface area contributed by atoms with Crippen LogP contribution in [0.2, 0.25) is 0 Å². The molecule has 24 heavy (non-hydrogen) atoms. The Morgan fingerprint density at radius 1 is 1.46 bits per heavy atom. The molecule has 0 aliphatic carbocycles. The van der Waals surface area contributed by atoms with E-state index in [-0.39, 0.29) is 12.1 Å². The van der Waals surface area contributed by atoms with E-state index in [4.69, 9.17) is 9.26 Å². The SMILES string of the molecule is CCn1ncc(-c2nc(CC(C)N(C)C(=O)OC(C)(C)C)no2)n1. The Bertz CT molecular complexity index is 687. The average molecular weight is 336 g/mol. The van der Waals surface area contributed by atoms with Crippen LogP contribution >= 0.6 is 0 Å². The molecule has 0 aromatic carbocycles. The van der Waals surface area contributed by atoms with Gasteiger partial charge in [0.05, 0.1) is 12.7 Å². The highest BCUT2D eigenvalue weighted by atomic mass is 16.6. The maximum atomic E-state index is 12.1. The van der Waals surface area contributed by atoms with E-state index in [1.807, 2.05) is 34.6 Å². The molecule has 9 nitrogen and oxygen atoms in total. The third kappa shape index (κ3) is 4.53. The highest BCUT2D eigenvalue weighted by molar-refractivity contribution is 5.68. The monoisotopic (exact) mass is 336 g/mol. The van der Waals surface area contributed by atoms with E-state index in [0.29, 0.717) is 30.4 Å². The van der Waals surface area contributed by atoms with E-state index in [9.17, 15) is 4.79 Å². The molecule has 2 rings (SSSR count). The fourth-order valence-electron chi connectivity index (χ4n) is 1.90. The van der Waals surface area contributed by atoms with E-state index in [2.05, 4.69) is 20.3 Å². The van der Waals surface area contributed by atoms with Gasteiger partial charge in [-0.05, 0) is 34.6 Å². The maximum absolute atomic E-state index is 12.1. The second kappa shape index (κ2) is 6.98. The molecule has 0 N–H and O–H groups in total. The van der Waals surface area contributed by atoms with Gasteiger partial charge >= 0.3 is 6.09 Å². The number of carbonyl (C=O) groups is 1. The predicted molar refractivity (Wildman–Crippen MR) is 86.2 cm³/mol. The molecule has 1 atom stereocenters. The molecule has 0 aliphatic heterocycles. The van der Waals surface area contributed by atoms with Crippen molar-refractivity contribution in [3.8, 4) is 11.6 Å². The van der Waals surface area contributed by atoms with E-state index in [1.165, 1.54) is 9.70 Å². The Morgan fingerprint density at radius 2 is 2.17 bits per heavy atom. The lowest BCUT2D eigenvalue weighted by molar-refractivity contribution is 0.0234. The molecular formula is C15H24N6O3. The Kier molecular flexibility index (Phi) is 5.20. The largest absolute Gasteiger partial charge is 0.444 e. The molecule has 2 heterocycles. The lowest BCUT2D eigenvalue weighted by atomic mass is 10.2. The number of rotatable bonds is 5. The van der Waals surface area contributed by atoms with Crippen molar-refractivity contribution < 1.29 is 14.1 Å². The molecule has 2 aromatic rings. The lowest BCUT2D eigenvalue weighted by Gasteiger charge is -2.28. The van der Waals surface area contributed by atoms with Crippen LogP contribution in [0.25, 0.3) is 11.6 Å². The minimum atomic E-state index is -0.532. The maximum Gasteiger partial charge on any atom is 0.410 e. The van der Waals surface area contributed by atoms with Gasteiger partial charge in [-0.3, -0.25) is 0 Å². The van der Waals surface area contributed by atoms with Gasteiger partial charge in [0.15, 0.2) is 11.5 Å². The second-order valence-electron chi connectivity index (χ2n) is 6.58. The number of nitrogens with zero attached hydrogens (tertiary/aromatic N) is 6. The van der Waals surface area contributed by atoms with Crippen molar-refractivity contribution in [3.05, 3.63) is 12.0 Å². The molecule has 0 saturated heterocycles. The van der Waals surface area contributed by atoms with Crippen LogP contribution < -0.4 is 0 Å². The zero-order chi connectivity index (χ0) is 17.9. The molecule has 0 aliphatic rings. The van der Waals surface area contributed by atoms with Crippen molar-refractivity contribution in [1.29, 1.82) is 0 Å². The van der Waals surface area contributed by atoms with Crippen LogP contribution in [0.15, 0.2) is 10.7 Å². The smallest absolute Gasteiger partial charge is 0.410 e. The van der Waals surface area contributed by atoms with Gasteiger partial charge in [-0.2, -0.15) is 14.9 Å². The second-order valence-corrected chi connectivity index (χ2v) is 6.58. The van der Waals surface area contributed by atoms with Crippen molar-refractivity contribution in [1.82, 2.24) is 30.0 Å². The summed E-state index contributed by atoms with van der Waals surface area (Å²) in [6, 6.07) is -0.142. The van der Waals surface area contributed by atoms with Crippen LogP contribution in [0.5, 0.6) is 0 Å². The molecule has 1 unspecified atom stereocenters. The molecule has 2 aromatic heterocycles. The molecule has 0 spiro atoms. The predicted octanol–water partition coefficient (Wildman–Crippen LogP) is 2.15. The Hall–Kier alpha value is -2.45. The summed E-state index contributed by atoms with van der Waals surface area (Å²) in [5, 5.41) is 12.2. The van der Waals surface area contributed by atoms with E-state index in [0.717, 1.165) is 0 Å². The number of hydrogen-bond acceptors (Lipinski definition) is 7. The first kappa shape index (κ1) is 17.9. The van der Waals surface area contributed by atoms with Gasteiger partial charge in [0.2, 0.25) is 0 Å². The third-order valence-electron chi connectivity index (χ3n) is 3.33. The highest BCUT2D eigenvalue weighted by Crippen LogP contribution is 2.16. The highest BCUT2D eigenvalue weighted by Gasteiger charge is 2.24. The molecule has 1 amide bonds. The van der Waals surface area contributed by atoms with Crippen LogP contribution in [0.4, 0.5) is 4.79 Å². The summed E-state index contributed by atoms with van der Waals surface area (Å²) in [5.41, 5.74) is -0.00101. The topological polar surface area (TPSA) is 99.2 Å². The number of hydrogen-bond donors (Lipinski definition) is 0. The third-order valence-corrected chi connectivity index (χ3v) is 3.33. The number of aromatic nitrogens is 5. The summed E-state index contributed by atoms with van der Waals surface area (Å²) in [5.74, 6) is 0.816. The normalized spacial score (nSPS) is 12.9. The van der Waals surface area contributed by atoms with Crippen LogP contribution in [-0.2, 0) is 17.7 Å². The quantitative estimate of drug-likeness (QED) is 0.824. The summed E-state index contributed by atoms with van der Waals surface area (Å²) >= 11 is 0. The fraction of sp³-hybridized carbons (Fsp3) is 0.667. The van der Waals surface area contributed by atoms with E-state index in [1.54, 1.807) is 13.2 Å². The first-order valence-corrected chi connectivity index (χ1v) is 7.88. The fourth-order valence-corrected chi connectivity index (χ4v) is 1.90. The Balaban J connectivity index is 1.99. The van der Waals surface area contributed by atoms with Gasteiger partial charge in [0.1, 0.15) is 5.60 Å². The zero-order valence-electron chi connectivity index (χ0n) is 15.0. The minimum Gasteiger partial charge on any atom is -0.444 e. The average Bonchev–Trinajstić information content (AvgIpc) is 3.12. The van der Waals surface area contributed by atoms with Gasteiger partial charge in [-0.25, -0.2) is 4.79 Å². The standard InChI is InChI=1S/C15H24N6O3/c1-7-21-16-9-11(18-21)13-17-12(19-24-13)8-10(2)20(6)14(22)23-15(3,4)5/h9-10H,7-8H2,1-6H3. The number of aryl methyl sites for hydroxylation is 1. The summed E-state index contributed by atoms with van der Waals surface area (Å²) in [6.07, 6.45) is 1.64. The first-order chi connectivity index (χ1) is 11.2. The molecule has 132 valence electrons. The van der Waals surface area contributed by atoms with Crippen molar-refractivity contribution in [2.75, 3.05) is 7.05 Å². The Labute approximate surface area is 141 Å². The van der Waals surface area contributed by atoms with Crippen molar-refractivity contribution in [2.45, 2.75) is 59.2 Å². The molecule has 0 saturated carbocycles. The molecule has 0 radical (unpaired) electrons. The van der Waals surface area contributed by atoms with Gasteiger partial charge in [-0.15, -0.1) is 5.10 Å². The molecule has 0 bridgehead atoms. The number of carbonyl (C=O) groups excluding carboxylic acids is 1. The van der Waals surface area contributed by atoms with Gasteiger partial charge < -0.3 is 14.2 Å². The van der Waals surface area contributed by atoms with Crippen molar-refractivity contribution >= 4 is 6.09 Å². The number of amides is 1. The van der Waals surface area contributed by atoms with Crippen molar-refractivity contribution in [3.63, 3.8) is 0 Å². The van der Waals surface area contributed by atoms with Crippen LogP contribution in [-0.4, -0.2) is 54.8 Å². The molecule has 9 heteroatoms. The zero-order valence-corrected chi connectivity index (χ0v) is 15.0. The number of ether oxygens (including phenoxy) is 1.